The van der Waals surface area contributed by atoms with Crippen molar-refractivity contribution < 1.29 is 4.79 Å². The second-order valence-corrected chi connectivity index (χ2v) is 4.67. The highest BCUT2D eigenvalue weighted by Gasteiger charge is 2.13. The van der Waals surface area contributed by atoms with Crippen LogP contribution in [0.4, 0.5) is 5.69 Å². The molecule has 1 aromatic heterocycles. The van der Waals surface area contributed by atoms with Gasteiger partial charge in [-0.15, -0.1) is 0 Å². The average Bonchev–Trinajstić information content (AvgIpc) is 2.79. The van der Waals surface area contributed by atoms with E-state index < -0.39 is 0 Å². The molecule has 5 nitrogen and oxygen atoms in total. The van der Waals surface area contributed by atoms with Crippen LogP contribution in [-0.2, 0) is 19.9 Å². The molecule has 0 aliphatic rings. The number of nitrogens with one attached hydrogen (secondary N) is 1. The molecule has 1 amide bonds. The van der Waals surface area contributed by atoms with Gasteiger partial charge in [-0.2, -0.15) is 5.10 Å². The normalized spacial score (nSPS) is 10.6. The fourth-order valence-corrected chi connectivity index (χ4v) is 2.21. The van der Waals surface area contributed by atoms with E-state index in [0.29, 0.717) is 18.5 Å². The second kappa shape index (κ2) is 6.34. The fraction of sp³-hybridized carbons (Fsp3) is 0.333. The highest BCUT2D eigenvalue weighted by molar-refractivity contribution is 6.05. The van der Waals surface area contributed by atoms with E-state index >= 15 is 0 Å². The maximum atomic E-state index is 12.4. The van der Waals surface area contributed by atoms with Crippen molar-refractivity contribution in [2.24, 2.45) is 12.8 Å². The van der Waals surface area contributed by atoms with Gasteiger partial charge in [-0.3, -0.25) is 9.48 Å². The highest BCUT2D eigenvalue weighted by Crippen LogP contribution is 2.17. The van der Waals surface area contributed by atoms with Crippen LogP contribution in [0.1, 0.15) is 28.5 Å². The molecule has 0 saturated heterocycles. The van der Waals surface area contributed by atoms with Gasteiger partial charge in [0.15, 0.2) is 0 Å². The monoisotopic (exact) mass is 272 g/mol. The van der Waals surface area contributed by atoms with Crippen LogP contribution in [-0.4, -0.2) is 22.2 Å². The van der Waals surface area contributed by atoms with Gasteiger partial charge in [0.05, 0.1) is 11.4 Å². The number of benzene rings is 1. The molecule has 0 bridgehead atoms. The molecule has 3 N–H and O–H groups in total. The largest absolute Gasteiger partial charge is 0.330 e. The predicted molar refractivity (Wildman–Crippen MR) is 79.7 cm³/mol. The molecule has 0 unspecified atom stereocenters. The number of amides is 1. The van der Waals surface area contributed by atoms with Crippen LogP contribution in [0.15, 0.2) is 30.5 Å². The maximum absolute atomic E-state index is 12.4. The summed E-state index contributed by atoms with van der Waals surface area (Å²) in [5.41, 5.74) is 8.88. The summed E-state index contributed by atoms with van der Waals surface area (Å²) in [6.07, 6.45) is 3.29. The summed E-state index contributed by atoms with van der Waals surface area (Å²) < 4.78 is 1.71. The Labute approximate surface area is 118 Å². The summed E-state index contributed by atoms with van der Waals surface area (Å²) in [6, 6.07) is 7.54. The molecule has 2 aromatic rings. The Hall–Kier alpha value is -2.14. The molecule has 1 aromatic carbocycles. The molecule has 0 atom stereocenters. The number of rotatable bonds is 5. The van der Waals surface area contributed by atoms with E-state index in [2.05, 4.69) is 10.4 Å². The summed E-state index contributed by atoms with van der Waals surface area (Å²) in [5.74, 6) is -0.114. The zero-order valence-corrected chi connectivity index (χ0v) is 11.9. The van der Waals surface area contributed by atoms with E-state index in [4.69, 9.17) is 5.73 Å². The zero-order chi connectivity index (χ0) is 14.5. The molecule has 106 valence electrons. The average molecular weight is 272 g/mol. The third-order valence-electron chi connectivity index (χ3n) is 3.16. The first-order chi connectivity index (χ1) is 9.65. The number of nitrogens with two attached hydrogens (primary N) is 1. The van der Waals surface area contributed by atoms with E-state index in [1.807, 2.05) is 44.4 Å². The van der Waals surface area contributed by atoms with Crippen LogP contribution in [0.2, 0.25) is 0 Å². The molecule has 0 spiro atoms. The molecule has 0 fully saturated rings. The van der Waals surface area contributed by atoms with E-state index in [0.717, 1.165) is 23.4 Å². The zero-order valence-electron chi connectivity index (χ0n) is 11.9. The molecular formula is C15H20N4O. The van der Waals surface area contributed by atoms with Crippen molar-refractivity contribution in [3.05, 3.63) is 47.3 Å². The minimum Gasteiger partial charge on any atom is -0.330 e. The molecule has 2 rings (SSSR count). The first-order valence-electron chi connectivity index (χ1n) is 6.77. The van der Waals surface area contributed by atoms with Gasteiger partial charge < -0.3 is 11.1 Å². The van der Waals surface area contributed by atoms with E-state index in [-0.39, 0.29) is 5.91 Å². The van der Waals surface area contributed by atoms with Crippen molar-refractivity contribution in [2.45, 2.75) is 19.8 Å². The summed E-state index contributed by atoms with van der Waals surface area (Å²) in [4.78, 5) is 12.4. The molecule has 0 aliphatic carbocycles. The van der Waals surface area contributed by atoms with Crippen molar-refractivity contribution in [3.8, 4) is 0 Å². The number of carbonyl (C=O) groups excluding carboxylic acids is 1. The lowest BCUT2D eigenvalue weighted by Gasteiger charge is -2.09. The lowest BCUT2D eigenvalue weighted by Crippen LogP contribution is -2.16. The van der Waals surface area contributed by atoms with Gasteiger partial charge in [0.1, 0.15) is 0 Å². The molecule has 0 saturated carbocycles. The SMILES string of the molecule is CCc1nn(C)cc1NC(=O)c1ccccc1CCN. The quantitative estimate of drug-likeness (QED) is 0.870. The van der Waals surface area contributed by atoms with Crippen molar-refractivity contribution in [3.63, 3.8) is 0 Å². The second-order valence-electron chi connectivity index (χ2n) is 4.67. The number of aromatic nitrogens is 2. The standard InChI is InChI=1S/C15H20N4O/c1-3-13-14(10-19(2)18-13)17-15(20)12-7-5-4-6-11(12)8-9-16/h4-7,10H,3,8-9,16H2,1-2H3,(H,17,20). The van der Waals surface area contributed by atoms with E-state index in [9.17, 15) is 4.79 Å². The van der Waals surface area contributed by atoms with Gasteiger partial charge in [-0.1, -0.05) is 25.1 Å². The molecule has 5 heteroatoms. The molecule has 1 heterocycles. The third kappa shape index (κ3) is 3.05. The van der Waals surface area contributed by atoms with Crippen molar-refractivity contribution >= 4 is 11.6 Å². The maximum Gasteiger partial charge on any atom is 0.256 e. The van der Waals surface area contributed by atoms with Crippen LogP contribution in [0, 0.1) is 0 Å². The molecule has 0 aliphatic heterocycles. The Morgan fingerprint density at radius 3 is 2.85 bits per heavy atom. The number of hydrogen-bond acceptors (Lipinski definition) is 3. The van der Waals surface area contributed by atoms with Crippen LogP contribution in [0.25, 0.3) is 0 Å². The lowest BCUT2D eigenvalue weighted by molar-refractivity contribution is 0.102. The Balaban J connectivity index is 2.23. The summed E-state index contributed by atoms with van der Waals surface area (Å²) in [7, 11) is 1.84. The van der Waals surface area contributed by atoms with Crippen molar-refractivity contribution in [1.82, 2.24) is 9.78 Å². The number of hydrogen-bond donors (Lipinski definition) is 2. The minimum atomic E-state index is -0.114. The van der Waals surface area contributed by atoms with E-state index in [1.165, 1.54) is 0 Å². The number of aryl methyl sites for hydroxylation is 2. The Morgan fingerprint density at radius 1 is 1.40 bits per heavy atom. The predicted octanol–water partition coefficient (Wildman–Crippen LogP) is 1.74. The summed E-state index contributed by atoms with van der Waals surface area (Å²) >= 11 is 0. The smallest absolute Gasteiger partial charge is 0.256 e. The van der Waals surface area contributed by atoms with Crippen LogP contribution in [0.5, 0.6) is 0 Å². The third-order valence-corrected chi connectivity index (χ3v) is 3.16. The van der Waals surface area contributed by atoms with Crippen molar-refractivity contribution in [1.29, 1.82) is 0 Å². The Kier molecular flexibility index (Phi) is 4.53. The Bertz CT molecular complexity index is 604. The van der Waals surface area contributed by atoms with Gasteiger partial charge in [-0.25, -0.2) is 0 Å². The molecule has 20 heavy (non-hydrogen) atoms. The van der Waals surface area contributed by atoms with Gasteiger partial charge in [0, 0.05) is 18.8 Å². The number of anilines is 1. The lowest BCUT2D eigenvalue weighted by atomic mass is 10.0. The minimum absolute atomic E-state index is 0.114. The van der Waals surface area contributed by atoms with Crippen LogP contribution >= 0.6 is 0 Å². The summed E-state index contributed by atoms with van der Waals surface area (Å²) in [6.45, 7) is 2.54. The molecular weight excluding hydrogens is 252 g/mol. The van der Waals surface area contributed by atoms with Gasteiger partial charge in [0.2, 0.25) is 0 Å². The topological polar surface area (TPSA) is 72.9 Å². The van der Waals surface area contributed by atoms with E-state index in [1.54, 1.807) is 4.68 Å². The summed E-state index contributed by atoms with van der Waals surface area (Å²) in [5, 5.41) is 7.25. The number of carbonyl (C=O) groups is 1. The fourth-order valence-electron chi connectivity index (χ4n) is 2.21. The van der Waals surface area contributed by atoms with Crippen LogP contribution < -0.4 is 11.1 Å². The van der Waals surface area contributed by atoms with Gasteiger partial charge in [0.25, 0.3) is 5.91 Å². The highest BCUT2D eigenvalue weighted by atomic mass is 16.1. The van der Waals surface area contributed by atoms with Gasteiger partial charge in [-0.05, 0) is 31.0 Å². The van der Waals surface area contributed by atoms with Crippen molar-refractivity contribution in [2.75, 3.05) is 11.9 Å². The molecule has 0 radical (unpaired) electrons. The number of nitrogens with zero attached hydrogens (tertiary/aromatic N) is 2. The van der Waals surface area contributed by atoms with Crippen LogP contribution in [0.3, 0.4) is 0 Å². The first kappa shape index (κ1) is 14.3. The first-order valence-corrected chi connectivity index (χ1v) is 6.77. The Morgan fingerprint density at radius 2 is 2.15 bits per heavy atom. The van der Waals surface area contributed by atoms with Gasteiger partial charge >= 0.3 is 0 Å².